The van der Waals surface area contributed by atoms with Gasteiger partial charge in [-0.25, -0.2) is 23.2 Å². The van der Waals surface area contributed by atoms with Gasteiger partial charge in [0.15, 0.2) is 15.6 Å². The van der Waals surface area contributed by atoms with Crippen LogP contribution in [0.4, 0.5) is 4.79 Å². The van der Waals surface area contributed by atoms with E-state index >= 15 is 0 Å². The summed E-state index contributed by atoms with van der Waals surface area (Å²) < 4.78 is 44.4. The molecule has 0 bridgehead atoms. The lowest BCUT2D eigenvalue weighted by molar-refractivity contribution is -0.142. The van der Waals surface area contributed by atoms with Crippen molar-refractivity contribution in [2.24, 2.45) is 17.3 Å². The number of ether oxygens (including phenoxy) is 3. The van der Waals surface area contributed by atoms with Crippen LogP contribution in [-0.4, -0.2) is 101 Å². The molecule has 16 heteroatoms. The zero-order valence-corrected chi connectivity index (χ0v) is 37.3. The second-order valence-corrected chi connectivity index (χ2v) is 22.2. The van der Waals surface area contributed by atoms with E-state index in [9.17, 15) is 27.6 Å². The molecule has 4 fully saturated rings. The summed E-state index contributed by atoms with van der Waals surface area (Å²) in [6, 6.07) is 3.44. The molecule has 328 valence electrons. The van der Waals surface area contributed by atoms with Crippen LogP contribution in [0.25, 0.3) is 22.3 Å². The number of Topliss-reactive ketones (excluding diaryl/α,β-unsaturated/α-hetero) is 1. The molecule has 3 amide bonds. The highest BCUT2D eigenvalue weighted by Crippen LogP contribution is 2.47. The van der Waals surface area contributed by atoms with Crippen LogP contribution in [0.1, 0.15) is 96.6 Å². The van der Waals surface area contributed by atoms with E-state index in [-0.39, 0.29) is 25.5 Å². The molecular weight excluding hydrogens is 819 g/mol. The molecule has 1 aromatic carbocycles. The number of benzene rings is 1. The smallest absolute Gasteiger partial charge is 0.408 e. The molecule has 14 nitrogen and oxygen atoms in total. The van der Waals surface area contributed by atoms with Crippen molar-refractivity contribution in [2.75, 3.05) is 18.9 Å². The third kappa shape index (κ3) is 9.02. The van der Waals surface area contributed by atoms with E-state index in [2.05, 4.69) is 31.1 Å². The summed E-state index contributed by atoms with van der Waals surface area (Å²) in [7, 11) is -3.67. The maximum Gasteiger partial charge on any atom is 0.408 e. The summed E-state index contributed by atoms with van der Waals surface area (Å²) in [6.07, 6.45) is 6.14. The monoisotopic (exact) mass is 875 g/mol. The maximum atomic E-state index is 14.9. The number of hydrogen-bond donors (Lipinski definition) is 2. The van der Waals surface area contributed by atoms with Crippen molar-refractivity contribution in [1.29, 1.82) is 0 Å². The number of fused-ring (bicyclic) bond motifs is 3. The Kier molecular flexibility index (Phi) is 11.7. The van der Waals surface area contributed by atoms with Gasteiger partial charge in [-0.2, -0.15) is 0 Å². The fourth-order valence-electron chi connectivity index (χ4n) is 8.98. The van der Waals surface area contributed by atoms with E-state index in [4.69, 9.17) is 24.2 Å². The maximum absolute atomic E-state index is 14.9. The molecule has 0 radical (unpaired) electrons. The summed E-state index contributed by atoms with van der Waals surface area (Å²) >= 11 is 1.58. The predicted molar refractivity (Wildman–Crippen MR) is 231 cm³/mol. The lowest BCUT2D eigenvalue weighted by atomic mass is 9.85. The van der Waals surface area contributed by atoms with E-state index in [0.717, 1.165) is 59.3 Å². The SMILES string of the molecule is C=CC1C[C@]1(NC(=O)[C@@H]1C[C@@H](Oc2cc(-c3csc(CC(C)C)n3)nc3c4c(ccc23)OCC4)CN1C(=O)[C@@H](NC(=O)OC1CCCC1)C(C)(C)C)C(=O)CS(=O)(=O)C1CC1. The van der Waals surface area contributed by atoms with Gasteiger partial charge in [0.25, 0.3) is 0 Å². The number of hydrogen-bond acceptors (Lipinski definition) is 12. The van der Waals surface area contributed by atoms with Crippen LogP contribution in [0, 0.1) is 17.3 Å². The number of pyridine rings is 1. The highest BCUT2D eigenvalue weighted by atomic mass is 32.2. The predicted octanol–water partition coefficient (Wildman–Crippen LogP) is 6.13. The number of nitrogens with one attached hydrogen (secondary N) is 2. The van der Waals surface area contributed by atoms with Crippen molar-refractivity contribution in [1.82, 2.24) is 25.5 Å². The van der Waals surface area contributed by atoms with Gasteiger partial charge in [-0.1, -0.05) is 40.7 Å². The molecule has 8 rings (SSSR count). The minimum Gasteiger partial charge on any atom is -0.493 e. The zero-order valence-electron chi connectivity index (χ0n) is 35.7. The normalized spacial score (nSPS) is 24.3. The van der Waals surface area contributed by atoms with Crippen LogP contribution in [-0.2, 0) is 41.8 Å². The molecule has 3 saturated carbocycles. The summed E-state index contributed by atoms with van der Waals surface area (Å²) in [5.41, 5.74) is 0.772. The highest BCUT2D eigenvalue weighted by molar-refractivity contribution is 7.93. The number of likely N-dealkylation sites (tertiary alicyclic amines) is 1. The molecule has 2 N–H and O–H groups in total. The van der Waals surface area contributed by atoms with Crippen LogP contribution in [0.5, 0.6) is 11.5 Å². The fraction of sp³-hybridized carbons (Fsp3) is 0.600. The first kappa shape index (κ1) is 43.1. The molecule has 0 spiro atoms. The number of sulfone groups is 1. The first-order valence-corrected chi connectivity index (χ1v) is 24.2. The molecule has 5 atom stereocenters. The van der Waals surface area contributed by atoms with Crippen LogP contribution < -0.4 is 20.1 Å². The van der Waals surface area contributed by atoms with Crippen molar-refractivity contribution in [3.63, 3.8) is 0 Å². The standard InChI is InChI=1S/C45H57N5O9S2/c1-7-26-21-45(26,37(51)24-61(55,56)29-12-13-29)49-41(52)34-19-28(22-50(34)42(53)40(44(4,5)6)48-43(54)59-27-10-8-9-11-27)58-36-20-32(33-23-60-38(46-33)18-25(2)3)47-39-30(36)14-15-35-31(39)16-17-57-35/h7,14-15,20,23,25-29,34,40H,1,8-13,16-19,21-22,24H2,2-6H3,(H,48,54)(H,49,52)/t26?,28-,34+,40-,45-/m1/s1. The lowest BCUT2D eigenvalue weighted by Crippen LogP contribution is -2.59. The Morgan fingerprint density at radius 2 is 1.84 bits per heavy atom. The molecule has 61 heavy (non-hydrogen) atoms. The third-order valence-electron chi connectivity index (χ3n) is 12.6. The number of aromatic nitrogens is 2. The molecule has 2 aromatic heterocycles. The minimum atomic E-state index is -3.67. The van der Waals surface area contributed by atoms with E-state index < -0.39 is 79.6 Å². The average molecular weight is 876 g/mol. The average Bonchev–Trinajstić information content (AvgIpc) is 3.81. The number of rotatable bonds is 15. The minimum absolute atomic E-state index is 0.0207. The fourth-order valence-corrected chi connectivity index (χ4v) is 11.7. The second kappa shape index (κ2) is 16.6. The van der Waals surface area contributed by atoms with Gasteiger partial charge >= 0.3 is 6.09 Å². The Balaban J connectivity index is 1.12. The number of alkyl carbamates (subject to hydrolysis) is 1. The number of carbonyl (C=O) groups excluding carboxylic acids is 4. The molecule has 4 heterocycles. The Morgan fingerprint density at radius 3 is 2.51 bits per heavy atom. The first-order chi connectivity index (χ1) is 29.0. The van der Waals surface area contributed by atoms with Gasteiger partial charge in [-0.05, 0) is 68.4 Å². The molecular formula is C45H57N5O9S2. The van der Waals surface area contributed by atoms with Gasteiger partial charge in [-0.3, -0.25) is 14.4 Å². The van der Waals surface area contributed by atoms with Crippen molar-refractivity contribution in [3.8, 4) is 22.9 Å². The van der Waals surface area contributed by atoms with Gasteiger partial charge in [0, 0.05) is 47.6 Å². The Hall–Kier alpha value is -4.57. The van der Waals surface area contributed by atoms with E-state index in [1.165, 1.54) is 4.90 Å². The van der Waals surface area contributed by atoms with Gasteiger partial charge < -0.3 is 29.7 Å². The Morgan fingerprint density at radius 1 is 1.08 bits per heavy atom. The molecule has 2 aliphatic heterocycles. The van der Waals surface area contributed by atoms with Crippen LogP contribution in [0.2, 0.25) is 0 Å². The van der Waals surface area contributed by atoms with E-state index in [1.807, 2.05) is 44.4 Å². The first-order valence-electron chi connectivity index (χ1n) is 21.6. The van der Waals surface area contributed by atoms with Crippen LogP contribution >= 0.6 is 11.3 Å². The molecule has 1 unspecified atom stereocenters. The van der Waals surface area contributed by atoms with Crippen molar-refractivity contribution in [2.45, 2.75) is 134 Å². The van der Waals surface area contributed by atoms with Crippen molar-refractivity contribution < 1.29 is 41.8 Å². The molecule has 1 saturated heterocycles. The van der Waals surface area contributed by atoms with Crippen molar-refractivity contribution >= 4 is 55.8 Å². The zero-order chi connectivity index (χ0) is 43.4. The second-order valence-electron chi connectivity index (χ2n) is 18.9. The third-order valence-corrected chi connectivity index (χ3v) is 15.6. The Labute approximate surface area is 361 Å². The summed E-state index contributed by atoms with van der Waals surface area (Å²) in [5.74, 6) is -1.16. The largest absolute Gasteiger partial charge is 0.493 e. The lowest BCUT2D eigenvalue weighted by Gasteiger charge is -2.35. The van der Waals surface area contributed by atoms with Gasteiger partial charge in [0.1, 0.15) is 47.1 Å². The van der Waals surface area contributed by atoms with Gasteiger partial charge in [-0.15, -0.1) is 17.9 Å². The molecule has 5 aliphatic rings. The Bertz CT molecular complexity index is 2350. The van der Waals surface area contributed by atoms with Gasteiger partial charge in [0.05, 0.1) is 40.3 Å². The molecule has 3 aromatic rings. The summed E-state index contributed by atoms with van der Waals surface area (Å²) in [6.45, 7) is 14.1. The topological polar surface area (TPSA) is 183 Å². The number of nitrogens with zero attached hydrogens (tertiary/aromatic N) is 3. The summed E-state index contributed by atoms with van der Waals surface area (Å²) in [5, 5.41) is 8.94. The number of carbonyl (C=O) groups is 4. The van der Waals surface area contributed by atoms with E-state index in [1.54, 1.807) is 17.4 Å². The number of thiazole rings is 1. The van der Waals surface area contributed by atoms with Crippen LogP contribution in [0.3, 0.4) is 0 Å². The van der Waals surface area contributed by atoms with E-state index in [0.29, 0.717) is 48.9 Å². The van der Waals surface area contributed by atoms with Gasteiger partial charge in [0.2, 0.25) is 11.8 Å². The number of amides is 3. The van der Waals surface area contributed by atoms with Crippen molar-refractivity contribution in [3.05, 3.63) is 46.8 Å². The number of ketones is 1. The summed E-state index contributed by atoms with van der Waals surface area (Å²) in [4.78, 5) is 68.0. The quantitative estimate of drug-likeness (QED) is 0.168. The highest BCUT2D eigenvalue weighted by Gasteiger charge is 2.61. The molecule has 3 aliphatic carbocycles. The van der Waals surface area contributed by atoms with Crippen LogP contribution in [0.15, 0.2) is 36.2 Å².